The van der Waals surface area contributed by atoms with Crippen LogP contribution in [0.25, 0.3) is 0 Å². The molecule has 1 rings (SSSR count). The van der Waals surface area contributed by atoms with Gasteiger partial charge in [0.05, 0.1) is 0 Å². The van der Waals surface area contributed by atoms with Crippen LogP contribution in [0.4, 0.5) is 0 Å². The fourth-order valence-corrected chi connectivity index (χ4v) is 2.78. The molecule has 1 heterocycles. The summed E-state index contributed by atoms with van der Waals surface area (Å²) < 4.78 is 0. The van der Waals surface area contributed by atoms with E-state index in [0.29, 0.717) is 6.04 Å². The average Bonchev–Trinajstić information content (AvgIpc) is 2.38. The van der Waals surface area contributed by atoms with Crippen LogP contribution in [0.2, 0.25) is 0 Å². The van der Waals surface area contributed by atoms with E-state index in [2.05, 4.69) is 43.1 Å². The van der Waals surface area contributed by atoms with Crippen LogP contribution < -0.4 is 5.32 Å². The Morgan fingerprint density at radius 1 is 1.22 bits per heavy atom. The Hall–Kier alpha value is -0.120. The quantitative estimate of drug-likeness (QED) is 0.671. The highest BCUT2D eigenvalue weighted by Gasteiger charge is 2.23. The Balaban J connectivity index is 2.10. The van der Waals surface area contributed by atoms with Gasteiger partial charge < -0.3 is 10.2 Å². The first kappa shape index (κ1) is 15.9. The van der Waals surface area contributed by atoms with Crippen LogP contribution in [0.1, 0.15) is 46.0 Å². The molecule has 0 saturated carbocycles. The summed E-state index contributed by atoms with van der Waals surface area (Å²) in [4.78, 5) is 5.03. The minimum atomic E-state index is 0.690. The van der Waals surface area contributed by atoms with Gasteiger partial charge in [0.2, 0.25) is 0 Å². The molecule has 1 atom stereocenters. The molecule has 3 nitrogen and oxygen atoms in total. The number of nitrogens with one attached hydrogen (secondary N) is 1. The van der Waals surface area contributed by atoms with Crippen LogP contribution in [0.5, 0.6) is 0 Å². The minimum absolute atomic E-state index is 0.690. The van der Waals surface area contributed by atoms with E-state index in [0.717, 1.165) is 12.6 Å². The zero-order valence-corrected chi connectivity index (χ0v) is 12.9. The number of rotatable bonds is 8. The number of nitrogens with zero attached hydrogens (tertiary/aromatic N) is 2. The van der Waals surface area contributed by atoms with Gasteiger partial charge >= 0.3 is 0 Å². The molecule has 0 amide bonds. The summed E-state index contributed by atoms with van der Waals surface area (Å²) in [6, 6.07) is 1.49. The Morgan fingerprint density at radius 2 is 1.89 bits per heavy atom. The molecule has 1 fully saturated rings. The topological polar surface area (TPSA) is 18.5 Å². The summed E-state index contributed by atoms with van der Waals surface area (Å²) in [6.07, 6.45) is 6.65. The van der Waals surface area contributed by atoms with E-state index in [9.17, 15) is 0 Å². The van der Waals surface area contributed by atoms with Crippen molar-refractivity contribution in [2.24, 2.45) is 0 Å². The lowest BCUT2D eigenvalue weighted by molar-refractivity contribution is 0.114. The van der Waals surface area contributed by atoms with E-state index >= 15 is 0 Å². The molecule has 1 N–H and O–H groups in total. The summed E-state index contributed by atoms with van der Waals surface area (Å²) in [5, 5.41) is 3.60. The van der Waals surface area contributed by atoms with Crippen molar-refractivity contribution in [3.05, 3.63) is 0 Å². The highest BCUT2D eigenvalue weighted by molar-refractivity contribution is 4.80. The van der Waals surface area contributed by atoms with E-state index in [4.69, 9.17) is 0 Å². The third kappa shape index (κ3) is 5.68. The van der Waals surface area contributed by atoms with Crippen molar-refractivity contribution in [2.45, 2.75) is 58.0 Å². The molecular formula is C15H33N3. The lowest BCUT2D eigenvalue weighted by Crippen LogP contribution is -2.48. The Kier molecular flexibility index (Phi) is 7.87. The van der Waals surface area contributed by atoms with E-state index < -0.39 is 0 Å². The molecule has 3 heteroatoms. The zero-order chi connectivity index (χ0) is 13.4. The van der Waals surface area contributed by atoms with Gasteiger partial charge in [0.15, 0.2) is 0 Å². The van der Waals surface area contributed by atoms with Crippen LogP contribution in [0.3, 0.4) is 0 Å². The molecule has 1 unspecified atom stereocenters. The van der Waals surface area contributed by atoms with Crippen molar-refractivity contribution in [1.82, 2.24) is 15.1 Å². The fourth-order valence-electron chi connectivity index (χ4n) is 2.78. The molecule has 108 valence electrons. The van der Waals surface area contributed by atoms with Crippen molar-refractivity contribution < 1.29 is 0 Å². The maximum Gasteiger partial charge on any atom is 0.0192 e. The van der Waals surface area contributed by atoms with Gasteiger partial charge in [-0.1, -0.05) is 19.8 Å². The molecule has 1 aliphatic rings. The highest BCUT2D eigenvalue weighted by atomic mass is 15.2. The van der Waals surface area contributed by atoms with E-state index in [1.54, 1.807) is 0 Å². The van der Waals surface area contributed by atoms with E-state index in [1.165, 1.54) is 51.7 Å². The summed E-state index contributed by atoms with van der Waals surface area (Å²) >= 11 is 0. The summed E-state index contributed by atoms with van der Waals surface area (Å²) in [5.41, 5.74) is 0. The standard InChI is InChI=1S/C15H33N3/c1-5-6-7-10-16-13-14(2)18-11-8-15(9-12-18)17(3)4/h14-16H,5-13H2,1-4H3. The molecule has 0 bridgehead atoms. The maximum atomic E-state index is 3.60. The van der Waals surface area contributed by atoms with Crippen molar-refractivity contribution >= 4 is 0 Å². The third-order valence-corrected chi connectivity index (χ3v) is 4.25. The predicted octanol–water partition coefficient (Wildman–Crippen LogP) is 2.18. The zero-order valence-electron chi connectivity index (χ0n) is 12.9. The number of unbranched alkanes of at least 4 members (excludes halogenated alkanes) is 2. The number of hydrogen-bond acceptors (Lipinski definition) is 3. The van der Waals surface area contributed by atoms with Crippen molar-refractivity contribution in [2.75, 3.05) is 40.3 Å². The van der Waals surface area contributed by atoms with Gasteiger partial charge in [0.25, 0.3) is 0 Å². The van der Waals surface area contributed by atoms with Crippen molar-refractivity contribution in [3.8, 4) is 0 Å². The van der Waals surface area contributed by atoms with Crippen LogP contribution in [0, 0.1) is 0 Å². The second kappa shape index (κ2) is 8.89. The lowest BCUT2D eigenvalue weighted by atomic mass is 10.0. The number of likely N-dealkylation sites (tertiary alicyclic amines) is 1. The van der Waals surface area contributed by atoms with Gasteiger partial charge in [0, 0.05) is 18.6 Å². The van der Waals surface area contributed by atoms with Crippen LogP contribution in [0.15, 0.2) is 0 Å². The van der Waals surface area contributed by atoms with Crippen molar-refractivity contribution in [3.63, 3.8) is 0 Å². The average molecular weight is 255 g/mol. The van der Waals surface area contributed by atoms with Crippen LogP contribution >= 0.6 is 0 Å². The molecule has 0 radical (unpaired) electrons. The van der Waals surface area contributed by atoms with Gasteiger partial charge in [-0.2, -0.15) is 0 Å². The van der Waals surface area contributed by atoms with Gasteiger partial charge in [-0.15, -0.1) is 0 Å². The van der Waals surface area contributed by atoms with E-state index in [1.807, 2.05) is 0 Å². The summed E-state index contributed by atoms with van der Waals surface area (Å²) in [6.45, 7) is 9.49. The molecule has 1 aliphatic heterocycles. The lowest BCUT2D eigenvalue weighted by Gasteiger charge is -2.38. The Bertz CT molecular complexity index is 198. The predicted molar refractivity (Wildman–Crippen MR) is 80.1 cm³/mol. The first-order valence-electron chi connectivity index (χ1n) is 7.76. The van der Waals surface area contributed by atoms with Gasteiger partial charge in [-0.3, -0.25) is 4.90 Å². The SMILES string of the molecule is CCCCCNCC(C)N1CCC(N(C)C)CC1. The van der Waals surface area contributed by atoms with E-state index in [-0.39, 0.29) is 0 Å². The Labute approximate surface area is 114 Å². The maximum absolute atomic E-state index is 3.60. The summed E-state index contributed by atoms with van der Waals surface area (Å²) in [7, 11) is 4.41. The largest absolute Gasteiger partial charge is 0.315 e. The number of piperidine rings is 1. The smallest absolute Gasteiger partial charge is 0.0192 e. The molecule has 0 aromatic carbocycles. The third-order valence-electron chi connectivity index (χ3n) is 4.25. The molecule has 0 aliphatic carbocycles. The molecule has 0 aromatic heterocycles. The first-order chi connectivity index (χ1) is 8.65. The molecule has 0 spiro atoms. The minimum Gasteiger partial charge on any atom is -0.315 e. The van der Waals surface area contributed by atoms with Gasteiger partial charge in [0.1, 0.15) is 0 Å². The summed E-state index contributed by atoms with van der Waals surface area (Å²) in [5.74, 6) is 0. The van der Waals surface area contributed by atoms with Crippen molar-refractivity contribution in [1.29, 1.82) is 0 Å². The van der Waals surface area contributed by atoms with Crippen LogP contribution in [-0.4, -0.2) is 62.2 Å². The molecule has 1 saturated heterocycles. The second-order valence-corrected chi connectivity index (χ2v) is 5.99. The monoisotopic (exact) mass is 255 g/mol. The van der Waals surface area contributed by atoms with Gasteiger partial charge in [-0.25, -0.2) is 0 Å². The van der Waals surface area contributed by atoms with Gasteiger partial charge in [-0.05, 0) is 59.9 Å². The number of hydrogen-bond donors (Lipinski definition) is 1. The first-order valence-corrected chi connectivity index (χ1v) is 7.76. The fraction of sp³-hybridized carbons (Fsp3) is 1.00. The molecule has 0 aromatic rings. The Morgan fingerprint density at radius 3 is 2.44 bits per heavy atom. The highest BCUT2D eigenvalue weighted by Crippen LogP contribution is 2.15. The molecular weight excluding hydrogens is 222 g/mol. The molecule has 18 heavy (non-hydrogen) atoms. The van der Waals surface area contributed by atoms with Crippen LogP contribution in [-0.2, 0) is 0 Å². The normalized spacial score (nSPS) is 20.5. The second-order valence-electron chi connectivity index (χ2n) is 5.99.